The van der Waals surface area contributed by atoms with Crippen molar-refractivity contribution >= 4 is 12.0 Å². The summed E-state index contributed by atoms with van der Waals surface area (Å²) < 4.78 is 0. The van der Waals surface area contributed by atoms with E-state index in [0.717, 1.165) is 19.3 Å². The maximum atomic E-state index is 12.2. The Kier molecular flexibility index (Phi) is 6.24. The molecule has 0 saturated carbocycles. The lowest BCUT2D eigenvalue weighted by Gasteiger charge is -2.32. The van der Waals surface area contributed by atoms with Crippen LogP contribution in [0, 0.1) is 5.41 Å². The van der Waals surface area contributed by atoms with Gasteiger partial charge in [0.05, 0.1) is 0 Å². The van der Waals surface area contributed by atoms with Gasteiger partial charge in [-0.1, -0.05) is 52.2 Å². The summed E-state index contributed by atoms with van der Waals surface area (Å²) in [5.74, 6) is -0.959. The Morgan fingerprint density at radius 3 is 2.52 bits per heavy atom. The van der Waals surface area contributed by atoms with Gasteiger partial charge in [0, 0.05) is 13.1 Å². The summed E-state index contributed by atoms with van der Waals surface area (Å²) in [5, 5.41) is 11.8. The molecule has 120 valence electrons. The van der Waals surface area contributed by atoms with Gasteiger partial charge in [-0.15, -0.1) is 0 Å². The lowest BCUT2D eigenvalue weighted by atomic mass is 9.83. The van der Waals surface area contributed by atoms with E-state index >= 15 is 0 Å². The highest BCUT2D eigenvalue weighted by molar-refractivity contribution is 5.82. The minimum atomic E-state index is -0.959. The smallest absolute Gasteiger partial charge is 0.326 e. The number of amides is 2. The van der Waals surface area contributed by atoms with Crippen LogP contribution in [0.3, 0.4) is 0 Å². The second kappa shape index (κ2) is 7.48. The Morgan fingerprint density at radius 2 is 2.10 bits per heavy atom. The molecule has 2 amide bonds. The fraction of sp³-hybridized carbons (Fsp3) is 0.750. The van der Waals surface area contributed by atoms with Gasteiger partial charge in [0.2, 0.25) is 0 Å². The summed E-state index contributed by atoms with van der Waals surface area (Å²) in [4.78, 5) is 25.0. The molecule has 0 saturated heterocycles. The Morgan fingerprint density at radius 1 is 1.43 bits per heavy atom. The molecule has 5 heteroatoms. The second-order valence-electron chi connectivity index (χ2n) is 6.66. The van der Waals surface area contributed by atoms with Crippen LogP contribution in [0.2, 0.25) is 0 Å². The highest BCUT2D eigenvalue weighted by atomic mass is 16.4. The zero-order chi connectivity index (χ0) is 16.0. The average Bonchev–Trinajstić information content (AvgIpc) is 2.42. The van der Waals surface area contributed by atoms with Gasteiger partial charge in [-0.25, -0.2) is 9.59 Å². The van der Waals surface area contributed by atoms with Gasteiger partial charge in [0.15, 0.2) is 0 Å². The number of carbonyl (C=O) groups is 2. The van der Waals surface area contributed by atoms with Gasteiger partial charge in [-0.2, -0.15) is 0 Å². The molecule has 0 aromatic heterocycles. The standard InChI is InChI=1S/C16H28N2O3/c1-5-6-7-13(14(19)20)17-15(21)18-10-8-12(9-11-18)16(2,3)4/h8,13H,5-7,9-11H2,1-4H3,(H,17,21)(H,19,20). The number of rotatable bonds is 5. The molecular weight excluding hydrogens is 268 g/mol. The summed E-state index contributed by atoms with van der Waals surface area (Å²) in [7, 11) is 0. The van der Waals surface area contributed by atoms with Crippen LogP contribution in [0.5, 0.6) is 0 Å². The first-order chi connectivity index (χ1) is 9.75. The van der Waals surface area contributed by atoms with E-state index in [1.807, 2.05) is 6.92 Å². The van der Waals surface area contributed by atoms with Crippen molar-refractivity contribution in [1.29, 1.82) is 0 Å². The molecule has 0 fully saturated rings. The van der Waals surface area contributed by atoms with Crippen molar-refractivity contribution in [1.82, 2.24) is 10.2 Å². The molecule has 0 spiro atoms. The first kappa shape index (κ1) is 17.5. The van der Waals surface area contributed by atoms with Crippen LogP contribution in [0.25, 0.3) is 0 Å². The molecule has 1 aliphatic heterocycles. The van der Waals surface area contributed by atoms with Crippen LogP contribution in [0.4, 0.5) is 4.79 Å². The van der Waals surface area contributed by atoms with Crippen molar-refractivity contribution in [2.24, 2.45) is 5.41 Å². The highest BCUT2D eigenvalue weighted by Gasteiger charge is 2.26. The third kappa shape index (κ3) is 5.40. The molecule has 21 heavy (non-hydrogen) atoms. The Hall–Kier alpha value is -1.52. The fourth-order valence-corrected chi connectivity index (χ4v) is 2.44. The summed E-state index contributed by atoms with van der Waals surface area (Å²) in [5.41, 5.74) is 1.49. The number of carboxylic acids is 1. The highest BCUT2D eigenvalue weighted by Crippen LogP contribution is 2.30. The van der Waals surface area contributed by atoms with E-state index < -0.39 is 12.0 Å². The van der Waals surface area contributed by atoms with Crippen LogP contribution in [0.15, 0.2) is 11.6 Å². The van der Waals surface area contributed by atoms with Crippen LogP contribution in [-0.2, 0) is 4.79 Å². The van der Waals surface area contributed by atoms with Crippen molar-refractivity contribution in [2.75, 3.05) is 13.1 Å². The Bertz CT molecular complexity index is 410. The number of hydrogen-bond acceptors (Lipinski definition) is 2. The molecule has 1 unspecified atom stereocenters. The Balaban J connectivity index is 2.57. The average molecular weight is 296 g/mol. The van der Waals surface area contributed by atoms with Gasteiger partial charge < -0.3 is 15.3 Å². The van der Waals surface area contributed by atoms with Gasteiger partial charge in [0.25, 0.3) is 0 Å². The SMILES string of the molecule is CCCCC(NC(=O)N1CC=C(C(C)(C)C)CC1)C(=O)O. The third-order valence-electron chi connectivity index (χ3n) is 3.90. The fourth-order valence-electron chi connectivity index (χ4n) is 2.44. The van der Waals surface area contributed by atoms with Gasteiger partial charge in [-0.3, -0.25) is 0 Å². The van der Waals surface area contributed by atoms with Gasteiger partial charge in [-0.05, 0) is 18.3 Å². The number of aliphatic carboxylic acids is 1. The minimum absolute atomic E-state index is 0.132. The minimum Gasteiger partial charge on any atom is -0.480 e. The molecule has 0 radical (unpaired) electrons. The summed E-state index contributed by atoms with van der Waals surface area (Å²) in [6, 6.07) is -1.06. The van der Waals surface area contributed by atoms with E-state index in [9.17, 15) is 9.59 Å². The molecular formula is C16H28N2O3. The third-order valence-corrected chi connectivity index (χ3v) is 3.90. The van der Waals surface area contributed by atoms with Gasteiger partial charge in [0.1, 0.15) is 6.04 Å². The number of hydrogen-bond donors (Lipinski definition) is 2. The Labute approximate surface area is 127 Å². The molecule has 1 heterocycles. The van der Waals surface area contributed by atoms with E-state index in [4.69, 9.17) is 5.11 Å². The molecule has 0 aromatic carbocycles. The summed E-state index contributed by atoms with van der Waals surface area (Å²) in [6.45, 7) is 9.71. The first-order valence-electron chi connectivity index (χ1n) is 7.73. The quantitative estimate of drug-likeness (QED) is 0.766. The normalized spacial score (nSPS) is 17.1. The number of carboxylic acid groups (broad SMARTS) is 1. The second-order valence-corrected chi connectivity index (χ2v) is 6.66. The van der Waals surface area contributed by atoms with E-state index in [-0.39, 0.29) is 11.4 Å². The van der Waals surface area contributed by atoms with Crippen molar-refractivity contribution in [3.63, 3.8) is 0 Å². The van der Waals surface area contributed by atoms with Crippen LogP contribution < -0.4 is 5.32 Å². The zero-order valence-corrected chi connectivity index (χ0v) is 13.6. The monoisotopic (exact) mass is 296 g/mol. The van der Waals surface area contributed by atoms with E-state index in [1.54, 1.807) is 4.90 Å². The van der Waals surface area contributed by atoms with Crippen LogP contribution in [-0.4, -0.2) is 41.1 Å². The predicted molar refractivity (Wildman–Crippen MR) is 83.2 cm³/mol. The maximum absolute atomic E-state index is 12.2. The number of nitrogens with one attached hydrogen (secondary N) is 1. The lowest BCUT2D eigenvalue weighted by molar-refractivity contribution is -0.139. The summed E-state index contributed by atoms with van der Waals surface area (Å²) >= 11 is 0. The summed E-state index contributed by atoms with van der Waals surface area (Å²) in [6.07, 6.45) is 5.13. The number of urea groups is 1. The van der Waals surface area contributed by atoms with Gasteiger partial charge >= 0.3 is 12.0 Å². The van der Waals surface area contributed by atoms with E-state index in [1.165, 1.54) is 5.57 Å². The van der Waals surface area contributed by atoms with E-state index in [0.29, 0.717) is 19.5 Å². The predicted octanol–water partition coefficient (Wildman–Crippen LogP) is 3.02. The molecule has 1 aliphatic rings. The van der Waals surface area contributed by atoms with Crippen molar-refractivity contribution < 1.29 is 14.7 Å². The molecule has 2 N–H and O–H groups in total. The molecule has 0 bridgehead atoms. The number of nitrogens with zero attached hydrogens (tertiary/aromatic N) is 1. The van der Waals surface area contributed by atoms with Crippen molar-refractivity contribution in [3.8, 4) is 0 Å². The van der Waals surface area contributed by atoms with Crippen LogP contribution >= 0.6 is 0 Å². The maximum Gasteiger partial charge on any atom is 0.326 e. The molecule has 1 atom stereocenters. The zero-order valence-electron chi connectivity index (χ0n) is 13.6. The van der Waals surface area contributed by atoms with Crippen molar-refractivity contribution in [3.05, 3.63) is 11.6 Å². The van der Waals surface area contributed by atoms with Crippen LogP contribution in [0.1, 0.15) is 53.4 Å². The molecule has 1 rings (SSSR count). The largest absolute Gasteiger partial charge is 0.480 e. The first-order valence-corrected chi connectivity index (χ1v) is 7.73. The molecule has 0 aliphatic carbocycles. The van der Waals surface area contributed by atoms with E-state index in [2.05, 4.69) is 32.2 Å². The number of unbranched alkanes of at least 4 members (excludes halogenated alkanes) is 1. The number of carbonyl (C=O) groups excluding carboxylic acids is 1. The lowest BCUT2D eigenvalue weighted by Crippen LogP contribution is -2.49. The molecule has 0 aromatic rings. The molecule has 5 nitrogen and oxygen atoms in total. The van der Waals surface area contributed by atoms with Crippen molar-refractivity contribution in [2.45, 2.75) is 59.4 Å². The topological polar surface area (TPSA) is 69.6 Å².